The number of hydrogen-bond acceptors (Lipinski definition) is 4. The Kier molecular flexibility index (Phi) is 3.81. The Morgan fingerprint density at radius 1 is 1.39 bits per heavy atom. The van der Waals surface area contributed by atoms with E-state index in [1.54, 1.807) is 10.7 Å². The molecule has 0 saturated heterocycles. The fourth-order valence-corrected chi connectivity index (χ4v) is 1.91. The maximum atomic E-state index is 5.55. The van der Waals surface area contributed by atoms with Gasteiger partial charge in [0.2, 0.25) is 0 Å². The van der Waals surface area contributed by atoms with Gasteiger partial charge in [-0.25, -0.2) is 9.50 Å². The summed E-state index contributed by atoms with van der Waals surface area (Å²) in [5, 5.41) is 7.50. The van der Waals surface area contributed by atoms with E-state index in [0.29, 0.717) is 0 Å². The quantitative estimate of drug-likeness (QED) is 0.818. The van der Waals surface area contributed by atoms with Crippen LogP contribution in [0.1, 0.15) is 26.7 Å². The van der Waals surface area contributed by atoms with E-state index in [1.807, 2.05) is 18.3 Å². The molecule has 0 aromatic carbocycles. The molecule has 0 radical (unpaired) electrons. The van der Waals surface area contributed by atoms with Crippen molar-refractivity contribution < 1.29 is 0 Å². The maximum Gasteiger partial charge on any atom is 0.157 e. The molecule has 0 aliphatic heterocycles. The van der Waals surface area contributed by atoms with Crippen molar-refractivity contribution in [1.82, 2.24) is 14.6 Å². The fraction of sp³-hybridized carbons (Fsp3) is 0.538. The van der Waals surface area contributed by atoms with E-state index in [4.69, 9.17) is 5.73 Å². The van der Waals surface area contributed by atoms with Crippen LogP contribution in [0.25, 0.3) is 5.65 Å². The van der Waals surface area contributed by atoms with Crippen molar-refractivity contribution in [3.63, 3.8) is 0 Å². The highest BCUT2D eigenvalue weighted by Crippen LogP contribution is 2.22. The van der Waals surface area contributed by atoms with Gasteiger partial charge in [0.1, 0.15) is 5.82 Å². The lowest BCUT2D eigenvalue weighted by Gasteiger charge is -2.25. The van der Waals surface area contributed by atoms with Crippen LogP contribution in [0.15, 0.2) is 24.5 Å². The zero-order valence-electron chi connectivity index (χ0n) is 11.1. The third kappa shape index (κ3) is 3.20. The summed E-state index contributed by atoms with van der Waals surface area (Å²) < 4.78 is 1.75. The van der Waals surface area contributed by atoms with E-state index in [0.717, 1.165) is 37.4 Å². The minimum atomic E-state index is 0.230. The first kappa shape index (κ1) is 12.8. The Bertz CT molecular complexity index is 503. The molecule has 2 aromatic heterocycles. The summed E-state index contributed by atoms with van der Waals surface area (Å²) in [5.41, 5.74) is 6.64. The minimum absolute atomic E-state index is 0.230. The highest BCUT2D eigenvalue weighted by Gasteiger charge is 2.16. The van der Waals surface area contributed by atoms with Crippen molar-refractivity contribution in [1.29, 1.82) is 0 Å². The molecule has 0 bridgehead atoms. The first-order chi connectivity index (χ1) is 8.61. The summed E-state index contributed by atoms with van der Waals surface area (Å²) in [6, 6.07) is 3.84. The smallest absolute Gasteiger partial charge is 0.157 e. The van der Waals surface area contributed by atoms with E-state index in [1.165, 1.54) is 0 Å². The lowest BCUT2D eigenvalue weighted by Crippen LogP contribution is -2.24. The summed E-state index contributed by atoms with van der Waals surface area (Å²) in [6.45, 7) is 6.13. The monoisotopic (exact) mass is 247 g/mol. The molecule has 0 saturated carbocycles. The SMILES string of the molecule is CC(C)(CCCN)CNc1ccn2nccc2n1. The van der Waals surface area contributed by atoms with Gasteiger partial charge in [0, 0.05) is 18.8 Å². The number of nitrogens with two attached hydrogens (primary N) is 1. The predicted molar refractivity (Wildman–Crippen MR) is 73.5 cm³/mol. The van der Waals surface area contributed by atoms with Crippen molar-refractivity contribution >= 4 is 11.5 Å². The molecular weight excluding hydrogens is 226 g/mol. The average molecular weight is 247 g/mol. The van der Waals surface area contributed by atoms with Crippen LogP contribution in [0.2, 0.25) is 0 Å². The molecule has 3 N–H and O–H groups in total. The van der Waals surface area contributed by atoms with Crippen molar-refractivity contribution in [2.45, 2.75) is 26.7 Å². The minimum Gasteiger partial charge on any atom is -0.369 e. The number of nitrogens with zero attached hydrogens (tertiary/aromatic N) is 3. The van der Waals surface area contributed by atoms with Crippen LogP contribution in [0.5, 0.6) is 0 Å². The van der Waals surface area contributed by atoms with Crippen LogP contribution < -0.4 is 11.1 Å². The van der Waals surface area contributed by atoms with Gasteiger partial charge < -0.3 is 11.1 Å². The van der Waals surface area contributed by atoms with Crippen LogP contribution in [-0.4, -0.2) is 27.7 Å². The normalized spacial score (nSPS) is 11.9. The van der Waals surface area contributed by atoms with Crippen LogP contribution in [0, 0.1) is 5.41 Å². The maximum absolute atomic E-state index is 5.55. The second-order valence-corrected chi connectivity index (χ2v) is 5.36. The molecule has 2 aromatic rings. The molecular formula is C13H21N5. The Labute approximate surface area is 107 Å². The summed E-state index contributed by atoms with van der Waals surface area (Å²) >= 11 is 0. The largest absolute Gasteiger partial charge is 0.369 e. The van der Waals surface area contributed by atoms with Crippen molar-refractivity contribution in [2.24, 2.45) is 11.1 Å². The lowest BCUT2D eigenvalue weighted by molar-refractivity contribution is 0.350. The molecule has 0 aliphatic rings. The Balaban J connectivity index is 1.96. The molecule has 0 unspecified atom stereocenters. The number of anilines is 1. The molecule has 0 amide bonds. The van der Waals surface area contributed by atoms with Crippen molar-refractivity contribution in [3.05, 3.63) is 24.5 Å². The molecule has 18 heavy (non-hydrogen) atoms. The molecule has 2 rings (SSSR count). The van der Waals surface area contributed by atoms with Crippen molar-refractivity contribution in [2.75, 3.05) is 18.4 Å². The first-order valence-electron chi connectivity index (χ1n) is 6.35. The summed E-state index contributed by atoms with van der Waals surface area (Å²) in [7, 11) is 0. The van der Waals surface area contributed by atoms with Gasteiger partial charge in [-0.05, 0) is 30.9 Å². The summed E-state index contributed by atoms with van der Waals surface area (Å²) in [6.07, 6.45) is 5.84. The Hall–Kier alpha value is -1.62. The molecule has 0 atom stereocenters. The molecule has 0 aliphatic carbocycles. The standard InChI is InChI=1S/C13H21N5/c1-13(2,6-3-7-14)10-15-11-5-9-18-12(17-11)4-8-16-18/h4-5,8-9H,3,6-7,10,14H2,1-2H3,(H,15,17). The first-order valence-corrected chi connectivity index (χ1v) is 6.35. The highest BCUT2D eigenvalue weighted by molar-refractivity contribution is 5.45. The zero-order valence-corrected chi connectivity index (χ0v) is 11.1. The van der Waals surface area contributed by atoms with Crippen LogP contribution in [-0.2, 0) is 0 Å². The molecule has 0 fully saturated rings. The predicted octanol–water partition coefficient (Wildman–Crippen LogP) is 1.91. The number of aromatic nitrogens is 3. The second kappa shape index (κ2) is 5.35. The molecule has 5 nitrogen and oxygen atoms in total. The number of nitrogens with one attached hydrogen (secondary N) is 1. The second-order valence-electron chi connectivity index (χ2n) is 5.36. The van der Waals surface area contributed by atoms with Gasteiger partial charge in [-0.1, -0.05) is 13.8 Å². The third-order valence-corrected chi connectivity index (χ3v) is 3.06. The Morgan fingerprint density at radius 3 is 3.00 bits per heavy atom. The topological polar surface area (TPSA) is 68.2 Å². The Morgan fingerprint density at radius 2 is 2.22 bits per heavy atom. The van der Waals surface area contributed by atoms with Gasteiger partial charge in [-0.2, -0.15) is 5.10 Å². The van der Waals surface area contributed by atoms with Gasteiger partial charge in [0.25, 0.3) is 0 Å². The average Bonchev–Trinajstić information content (AvgIpc) is 2.81. The number of rotatable bonds is 6. The molecule has 2 heterocycles. The third-order valence-electron chi connectivity index (χ3n) is 3.06. The van der Waals surface area contributed by atoms with Gasteiger partial charge in [0.05, 0.1) is 6.20 Å². The summed E-state index contributed by atoms with van der Waals surface area (Å²) in [4.78, 5) is 4.48. The number of hydrogen-bond donors (Lipinski definition) is 2. The zero-order chi connectivity index (χ0) is 13.0. The van der Waals surface area contributed by atoms with Gasteiger partial charge in [-0.3, -0.25) is 0 Å². The van der Waals surface area contributed by atoms with E-state index >= 15 is 0 Å². The fourth-order valence-electron chi connectivity index (χ4n) is 1.91. The lowest BCUT2D eigenvalue weighted by atomic mass is 9.88. The molecule has 0 spiro atoms. The van der Waals surface area contributed by atoms with Gasteiger partial charge >= 0.3 is 0 Å². The van der Waals surface area contributed by atoms with E-state index in [9.17, 15) is 0 Å². The molecule has 98 valence electrons. The van der Waals surface area contributed by atoms with Crippen LogP contribution in [0.3, 0.4) is 0 Å². The van der Waals surface area contributed by atoms with Crippen LogP contribution in [0.4, 0.5) is 5.82 Å². The van der Waals surface area contributed by atoms with Crippen molar-refractivity contribution in [3.8, 4) is 0 Å². The van der Waals surface area contributed by atoms with Crippen LogP contribution >= 0.6 is 0 Å². The number of fused-ring (bicyclic) bond motifs is 1. The van der Waals surface area contributed by atoms with E-state index in [-0.39, 0.29) is 5.41 Å². The van der Waals surface area contributed by atoms with E-state index in [2.05, 4.69) is 29.2 Å². The van der Waals surface area contributed by atoms with E-state index < -0.39 is 0 Å². The summed E-state index contributed by atoms with van der Waals surface area (Å²) in [5.74, 6) is 0.892. The molecule has 5 heteroatoms. The van der Waals surface area contributed by atoms with Gasteiger partial charge in [0.15, 0.2) is 5.65 Å². The van der Waals surface area contributed by atoms with Gasteiger partial charge in [-0.15, -0.1) is 0 Å². The highest BCUT2D eigenvalue weighted by atomic mass is 15.2.